The Kier molecular flexibility index (Phi) is 11.1. The van der Waals surface area contributed by atoms with E-state index in [2.05, 4.69) is 289 Å². The van der Waals surface area contributed by atoms with Crippen molar-refractivity contribution in [2.75, 3.05) is 4.90 Å². The van der Waals surface area contributed by atoms with Crippen LogP contribution in [0.15, 0.2) is 243 Å². The maximum Gasteiger partial charge on any atom is 0.0725 e. The molecule has 0 radical (unpaired) electrons. The van der Waals surface area contributed by atoms with E-state index in [1.54, 1.807) is 0 Å². The molecule has 0 aliphatic heterocycles. The molecule has 1 nitrogen and oxygen atoms in total. The van der Waals surface area contributed by atoms with Crippen molar-refractivity contribution < 1.29 is 0 Å². The lowest BCUT2D eigenvalue weighted by molar-refractivity contribution is 0.229. The van der Waals surface area contributed by atoms with Crippen LogP contribution in [0.3, 0.4) is 0 Å². The fraction of sp³-hybridized carbons (Fsp3) is 0.155. The van der Waals surface area contributed by atoms with Crippen LogP contribution in [0.1, 0.15) is 81.7 Å². The van der Waals surface area contributed by atoms with Crippen molar-refractivity contribution in [1.29, 1.82) is 0 Å². The van der Waals surface area contributed by atoms with E-state index in [0.29, 0.717) is 5.92 Å². The molecular weight excluding hydrogens is 867 g/mol. The summed E-state index contributed by atoms with van der Waals surface area (Å²) in [5.74, 6) is 0.431. The first-order valence-electron chi connectivity index (χ1n) is 25.7. The molecule has 10 aromatic carbocycles. The van der Waals surface area contributed by atoms with Crippen molar-refractivity contribution in [2.24, 2.45) is 10.8 Å². The van der Waals surface area contributed by atoms with E-state index in [4.69, 9.17) is 0 Å². The molecule has 0 heterocycles. The van der Waals surface area contributed by atoms with Gasteiger partial charge in [0.05, 0.1) is 5.41 Å². The van der Waals surface area contributed by atoms with E-state index in [1.807, 2.05) is 0 Å². The Morgan fingerprint density at radius 3 is 1.19 bits per heavy atom. The lowest BCUT2D eigenvalue weighted by atomic mass is 9.68. The fourth-order valence-corrected chi connectivity index (χ4v) is 12.1. The summed E-state index contributed by atoms with van der Waals surface area (Å²) in [4.78, 5) is 2.39. The van der Waals surface area contributed by atoms with Crippen LogP contribution in [0, 0.1) is 10.8 Å². The number of rotatable bonds is 9. The minimum Gasteiger partial charge on any atom is -0.310 e. The van der Waals surface area contributed by atoms with E-state index in [9.17, 15) is 0 Å². The molecule has 72 heavy (non-hydrogen) atoms. The van der Waals surface area contributed by atoms with E-state index in [1.165, 1.54) is 94.6 Å². The lowest BCUT2D eigenvalue weighted by Gasteiger charge is -2.36. The molecule has 2 aliphatic carbocycles. The Hall–Kier alpha value is -8.00. The minimum absolute atomic E-state index is 0.130. The van der Waals surface area contributed by atoms with Gasteiger partial charge in [0, 0.05) is 17.1 Å². The number of fused-ring (bicyclic) bond motifs is 10. The number of hydrogen-bond donors (Lipinski definition) is 0. The van der Waals surface area contributed by atoms with Gasteiger partial charge in [-0.15, -0.1) is 0 Å². The van der Waals surface area contributed by atoms with Crippen molar-refractivity contribution >= 4 is 17.1 Å². The standard InChI is InChI=1S/C71H61N/c1-69(2,3)47-68(70(4,5)6)56-25-17-23-52(43-56)54-35-41-62-60-27-13-15-29-64(60)71(66(62)45-54)65-30-16-14-28-61(65)63-42-36-55(46-67(63)71)53-24-18-26-59(44-53)72(57-37-31-50(32-38-57)48-19-9-7-10-20-48)58-39-33-51(34-40-58)49-21-11-8-12-22-49/h7-46,68H,47H2,1-6H3. The first-order valence-corrected chi connectivity index (χ1v) is 25.7. The van der Waals surface area contributed by atoms with E-state index in [-0.39, 0.29) is 10.8 Å². The van der Waals surface area contributed by atoms with Crippen LogP contribution >= 0.6 is 0 Å². The molecule has 0 aromatic heterocycles. The summed E-state index contributed by atoms with van der Waals surface area (Å²) in [5.41, 5.74) is 24.9. The van der Waals surface area contributed by atoms with E-state index in [0.717, 1.165) is 23.5 Å². The SMILES string of the molecule is CC(C)(C)CC(c1cccc(-c2ccc3c(c2)C2(c4ccccc4-3)c3ccccc3-c3ccc(-c4cccc(N(c5ccc(-c6ccccc6)cc5)c5ccc(-c6ccccc6)cc5)c4)cc32)c1)C(C)(C)C. The number of hydrogen-bond acceptors (Lipinski definition) is 1. The monoisotopic (exact) mass is 927 g/mol. The van der Waals surface area contributed by atoms with Crippen LogP contribution in [0.4, 0.5) is 17.1 Å². The van der Waals surface area contributed by atoms with Crippen molar-refractivity contribution in [3.63, 3.8) is 0 Å². The zero-order chi connectivity index (χ0) is 49.2. The smallest absolute Gasteiger partial charge is 0.0725 e. The Labute approximate surface area is 427 Å². The zero-order valence-corrected chi connectivity index (χ0v) is 42.3. The Bertz CT molecular complexity index is 3510. The second-order valence-corrected chi connectivity index (χ2v) is 22.4. The Morgan fingerprint density at radius 1 is 0.319 bits per heavy atom. The van der Waals surface area contributed by atoms with Gasteiger partial charge >= 0.3 is 0 Å². The van der Waals surface area contributed by atoms with Gasteiger partial charge in [0.25, 0.3) is 0 Å². The molecule has 2 atom stereocenters. The fourth-order valence-electron chi connectivity index (χ4n) is 12.1. The molecule has 0 fully saturated rings. The van der Waals surface area contributed by atoms with Gasteiger partial charge in [-0.1, -0.05) is 236 Å². The van der Waals surface area contributed by atoms with Gasteiger partial charge in [-0.05, 0) is 166 Å². The van der Waals surface area contributed by atoms with Gasteiger partial charge in [-0.25, -0.2) is 0 Å². The summed E-state index contributed by atoms with van der Waals surface area (Å²) in [6.45, 7) is 14.3. The summed E-state index contributed by atoms with van der Waals surface area (Å²) in [6.07, 6.45) is 1.13. The molecule has 0 saturated carbocycles. The first-order chi connectivity index (χ1) is 34.9. The highest BCUT2D eigenvalue weighted by Crippen LogP contribution is 2.63. The van der Waals surface area contributed by atoms with Crippen molar-refractivity contribution in [2.45, 2.75) is 59.3 Å². The largest absolute Gasteiger partial charge is 0.310 e. The number of benzene rings is 10. The van der Waals surface area contributed by atoms with Gasteiger partial charge in [0.1, 0.15) is 0 Å². The third-order valence-corrected chi connectivity index (χ3v) is 15.5. The molecule has 2 unspecified atom stereocenters. The second kappa shape index (κ2) is 17.7. The quantitative estimate of drug-likeness (QED) is 0.139. The van der Waals surface area contributed by atoms with Crippen molar-refractivity contribution in [1.82, 2.24) is 0 Å². The van der Waals surface area contributed by atoms with Crippen LogP contribution < -0.4 is 4.90 Å². The predicted molar refractivity (Wildman–Crippen MR) is 305 cm³/mol. The maximum absolute atomic E-state index is 2.54. The lowest BCUT2D eigenvalue weighted by Crippen LogP contribution is -2.26. The van der Waals surface area contributed by atoms with Gasteiger partial charge in [0.2, 0.25) is 0 Å². The van der Waals surface area contributed by atoms with E-state index >= 15 is 0 Å². The molecular formula is C71H61N. The van der Waals surface area contributed by atoms with Crippen LogP contribution in [0.2, 0.25) is 0 Å². The topological polar surface area (TPSA) is 3.24 Å². The van der Waals surface area contributed by atoms with Crippen molar-refractivity contribution in [3.8, 4) is 66.8 Å². The highest BCUT2D eigenvalue weighted by atomic mass is 15.1. The Balaban J connectivity index is 0.991. The summed E-state index contributed by atoms with van der Waals surface area (Å²) < 4.78 is 0. The highest BCUT2D eigenvalue weighted by molar-refractivity contribution is 5.97. The molecule has 1 heteroatoms. The summed E-state index contributed by atoms with van der Waals surface area (Å²) in [5, 5.41) is 0. The normalized spacial score (nSPS) is 14.9. The van der Waals surface area contributed by atoms with Gasteiger partial charge < -0.3 is 4.90 Å². The summed E-state index contributed by atoms with van der Waals surface area (Å²) >= 11 is 0. The van der Waals surface area contributed by atoms with Gasteiger partial charge in [-0.2, -0.15) is 0 Å². The van der Waals surface area contributed by atoms with Crippen molar-refractivity contribution in [3.05, 3.63) is 270 Å². The molecule has 350 valence electrons. The number of anilines is 3. The molecule has 10 aromatic rings. The molecule has 0 saturated heterocycles. The maximum atomic E-state index is 2.54. The average Bonchev–Trinajstić information content (AvgIpc) is 3.87. The summed E-state index contributed by atoms with van der Waals surface area (Å²) in [7, 11) is 0. The molecule has 0 bridgehead atoms. The molecule has 1 spiro atoms. The highest BCUT2D eigenvalue weighted by Gasteiger charge is 2.51. The molecule has 12 rings (SSSR count). The molecule has 0 N–H and O–H groups in total. The van der Waals surface area contributed by atoms with Crippen LogP contribution in [-0.4, -0.2) is 0 Å². The zero-order valence-electron chi connectivity index (χ0n) is 42.3. The second-order valence-electron chi connectivity index (χ2n) is 22.4. The Morgan fingerprint density at radius 2 is 0.708 bits per heavy atom. The molecule has 0 amide bonds. The van der Waals surface area contributed by atoms with E-state index < -0.39 is 5.41 Å². The van der Waals surface area contributed by atoms with Crippen LogP contribution in [0.5, 0.6) is 0 Å². The summed E-state index contributed by atoms with van der Waals surface area (Å²) in [6, 6.07) is 90.7. The number of nitrogens with zero attached hydrogens (tertiary/aromatic N) is 1. The molecule has 2 aliphatic rings. The van der Waals surface area contributed by atoms with Crippen LogP contribution in [-0.2, 0) is 5.41 Å². The minimum atomic E-state index is -0.494. The third-order valence-electron chi connectivity index (χ3n) is 15.5. The van der Waals surface area contributed by atoms with Crippen LogP contribution in [0.25, 0.3) is 66.8 Å². The van der Waals surface area contributed by atoms with Gasteiger partial charge in [-0.3, -0.25) is 0 Å². The predicted octanol–water partition coefficient (Wildman–Crippen LogP) is 19.7. The third kappa shape index (κ3) is 7.89. The average molecular weight is 928 g/mol. The first kappa shape index (κ1) is 45.2. The van der Waals surface area contributed by atoms with Gasteiger partial charge in [0.15, 0.2) is 0 Å².